The van der Waals surface area contributed by atoms with Gasteiger partial charge in [-0.15, -0.1) is 0 Å². The fraction of sp³-hybridized carbons (Fsp3) is 0.562. The molecule has 1 unspecified atom stereocenters. The van der Waals surface area contributed by atoms with E-state index in [2.05, 4.69) is 12.2 Å². The van der Waals surface area contributed by atoms with E-state index in [1.54, 1.807) is 6.07 Å². The summed E-state index contributed by atoms with van der Waals surface area (Å²) in [6.45, 7) is 4.56. The summed E-state index contributed by atoms with van der Waals surface area (Å²) in [6.07, 6.45) is 3.81. The second kappa shape index (κ2) is 8.02. The lowest BCUT2D eigenvalue weighted by Gasteiger charge is -2.33. The van der Waals surface area contributed by atoms with Crippen molar-refractivity contribution in [2.75, 3.05) is 19.6 Å². The molecule has 1 fully saturated rings. The molecule has 1 aromatic rings. The van der Waals surface area contributed by atoms with Crippen LogP contribution in [0.15, 0.2) is 18.2 Å². The minimum atomic E-state index is -0.0145. The predicted octanol–water partition coefficient (Wildman–Crippen LogP) is 3.53. The van der Waals surface area contributed by atoms with Crippen molar-refractivity contribution in [3.8, 4) is 0 Å². The molecule has 0 saturated carbocycles. The first-order valence-corrected chi connectivity index (χ1v) is 8.33. The molecule has 3 nitrogen and oxygen atoms in total. The number of nitrogens with zero attached hydrogens (tertiary/aromatic N) is 1. The van der Waals surface area contributed by atoms with E-state index in [-0.39, 0.29) is 11.9 Å². The Morgan fingerprint density at radius 1 is 1.38 bits per heavy atom. The number of halogens is 2. The van der Waals surface area contributed by atoms with E-state index in [4.69, 9.17) is 23.2 Å². The van der Waals surface area contributed by atoms with Crippen LogP contribution in [0.4, 0.5) is 0 Å². The zero-order valence-corrected chi connectivity index (χ0v) is 13.9. The number of hydrogen-bond acceptors (Lipinski definition) is 2. The molecule has 5 heteroatoms. The average Bonchev–Trinajstić information content (AvgIpc) is 2.46. The van der Waals surface area contributed by atoms with E-state index in [0.717, 1.165) is 44.3 Å². The number of carbonyl (C=O) groups excluding carboxylic acids is 1. The highest BCUT2D eigenvalue weighted by Gasteiger charge is 2.27. The quantitative estimate of drug-likeness (QED) is 0.866. The lowest BCUT2D eigenvalue weighted by atomic mass is 10.0. The van der Waals surface area contributed by atoms with Crippen LogP contribution in [0.1, 0.15) is 31.7 Å². The third-order valence-electron chi connectivity index (χ3n) is 3.84. The summed E-state index contributed by atoms with van der Waals surface area (Å²) in [5.41, 5.74) is 1.04. The maximum absolute atomic E-state index is 12.4. The van der Waals surface area contributed by atoms with Crippen LogP contribution in [0.3, 0.4) is 0 Å². The molecule has 1 N–H and O–H groups in total. The Hall–Kier alpha value is -0.770. The van der Waals surface area contributed by atoms with Gasteiger partial charge in [-0.2, -0.15) is 0 Å². The topological polar surface area (TPSA) is 32.3 Å². The molecule has 1 aliphatic heterocycles. The van der Waals surface area contributed by atoms with Crippen molar-refractivity contribution in [3.63, 3.8) is 0 Å². The summed E-state index contributed by atoms with van der Waals surface area (Å²) in [5.74, 6) is 0.222. The van der Waals surface area contributed by atoms with Crippen molar-refractivity contribution in [2.24, 2.45) is 0 Å². The lowest BCUT2D eigenvalue weighted by Crippen LogP contribution is -2.51. The Bertz CT molecular complexity index is 493. The van der Waals surface area contributed by atoms with E-state index in [1.165, 1.54) is 0 Å². The van der Waals surface area contributed by atoms with Crippen LogP contribution in [0, 0.1) is 0 Å². The highest BCUT2D eigenvalue weighted by molar-refractivity contribution is 6.35. The minimum absolute atomic E-state index is 0.0145. The number of hydrogen-bond donors (Lipinski definition) is 1. The zero-order chi connectivity index (χ0) is 15.2. The molecular formula is C16H22Cl2N2O. The largest absolute Gasteiger partial charge is 0.341 e. The molecule has 1 heterocycles. The van der Waals surface area contributed by atoms with Gasteiger partial charge in [-0.1, -0.05) is 36.2 Å². The molecule has 1 aliphatic rings. The summed E-state index contributed by atoms with van der Waals surface area (Å²) in [5, 5.41) is 4.65. The highest BCUT2D eigenvalue weighted by atomic mass is 35.5. The normalized spacial score (nSPS) is 19.1. The Labute approximate surface area is 136 Å². The summed E-state index contributed by atoms with van der Waals surface area (Å²) in [6, 6.07) is 5.51. The van der Waals surface area contributed by atoms with Crippen molar-refractivity contribution < 1.29 is 4.79 Å². The van der Waals surface area contributed by atoms with Crippen LogP contribution in [0.25, 0.3) is 0 Å². The molecule has 0 radical (unpaired) electrons. The molecule has 0 aromatic heterocycles. The molecule has 1 atom stereocenters. The molecule has 0 aliphatic carbocycles. The number of benzene rings is 1. The van der Waals surface area contributed by atoms with Gasteiger partial charge in [0, 0.05) is 23.1 Å². The van der Waals surface area contributed by atoms with Crippen LogP contribution in [0.2, 0.25) is 10.0 Å². The van der Waals surface area contributed by atoms with Gasteiger partial charge in [0.2, 0.25) is 5.91 Å². The van der Waals surface area contributed by atoms with Crippen LogP contribution in [-0.4, -0.2) is 36.5 Å². The predicted molar refractivity (Wildman–Crippen MR) is 88.1 cm³/mol. The van der Waals surface area contributed by atoms with Crippen LogP contribution in [0.5, 0.6) is 0 Å². The Kier molecular flexibility index (Phi) is 6.34. The van der Waals surface area contributed by atoms with Crippen molar-refractivity contribution in [3.05, 3.63) is 33.8 Å². The highest BCUT2D eigenvalue weighted by Crippen LogP contribution is 2.22. The van der Waals surface area contributed by atoms with E-state index < -0.39 is 0 Å². The molecule has 1 aromatic carbocycles. The number of rotatable bonds is 6. The van der Waals surface area contributed by atoms with E-state index >= 15 is 0 Å². The summed E-state index contributed by atoms with van der Waals surface area (Å²) < 4.78 is 0. The Morgan fingerprint density at radius 2 is 2.19 bits per heavy atom. The number of amides is 1. The number of nitrogens with one attached hydrogen (secondary N) is 1. The van der Waals surface area contributed by atoms with Crippen LogP contribution < -0.4 is 5.32 Å². The molecular weight excluding hydrogens is 307 g/mol. The third kappa shape index (κ3) is 4.60. The van der Waals surface area contributed by atoms with Gasteiger partial charge in [0.15, 0.2) is 0 Å². The second-order valence-electron chi connectivity index (χ2n) is 5.46. The summed E-state index contributed by atoms with van der Waals surface area (Å²) in [4.78, 5) is 14.3. The molecule has 0 spiro atoms. The van der Waals surface area contributed by atoms with Crippen molar-refractivity contribution >= 4 is 29.1 Å². The van der Waals surface area contributed by atoms with Gasteiger partial charge >= 0.3 is 0 Å². The minimum Gasteiger partial charge on any atom is -0.341 e. The number of carbonyl (C=O) groups is 1. The zero-order valence-electron chi connectivity index (χ0n) is 12.4. The smallest absolute Gasteiger partial charge is 0.239 e. The van der Waals surface area contributed by atoms with Gasteiger partial charge < -0.3 is 10.2 Å². The van der Waals surface area contributed by atoms with Crippen molar-refractivity contribution in [1.29, 1.82) is 0 Å². The van der Waals surface area contributed by atoms with E-state index in [9.17, 15) is 4.79 Å². The monoisotopic (exact) mass is 328 g/mol. The SMILES string of the molecule is CCCNC1CCCN(CCc2ccc(Cl)cc2Cl)C1=O. The van der Waals surface area contributed by atoms with Gasteiger partial charge in [-0.05, 0) is 49.9 Å². The molecule has 21 heavy (non-hydrogen) atoms. The van der Waals surface area contributed by atoms with Crippen molar-refractivity contribution in [2.45, 2.75) is 38.6 Å². The van der Waals surface area contributed by atoms with Gasteiger partial charge in [0.1, 0.15) is 0 Å². The first kappa shape index (κ1) is 16.6. The molecule has 116 valence electrons. The third-order valence-corrected chi connectivity index (χ3v) is 4.42. The standard InChI is InChI=1S/C16H22Cl2N2O/c1-2-8-19-15-4-3-9-20(16(15)21)10-7-12-5-6-13(17)11-14(12)18/h5-6,11,15,19H,2-4,7-10H2,1H3. The van der Waals surface area contributed by atoms with Gasteiger partial charge in [-0.3, -0.25) is 4.79 Å². The molecule has 1 amide bonds. The van der Waals surface area contributed by atoms with Crippen molar-refractivity contribution in [1.82, 2.24) is 10.2 Å². The lowest BCUT2D eigenvalue weighted by molar-refractivity contribution is -0.135. The molecule has 2 rings (SSSR count). The van der Waals surface area contributed by atoms with Gasteiger partial charge in [0.25, 0.3) is 0 Å². The fourth-order valence-corrected chi connectivity index (χ4v) is 3.15. The van der Waals surface area contributed by atoms with E-state index in [1.807, 2.05) is 17.0 Å². The Morgan fingerprint density at radius 3 is 2.90 bits per heavy atom. The van der Waals surface area contributed by atoms with Crippen LogP contribution >= 0.6 is 23.2 Å². The van der Waals surface area contributed by atoms with Crippen LogP contribution in [-0.2, 0) is 11.2 Å². The fourth-order valence-electron chi connectivity index (χ4n) is 2.65. The number of piperidine rings is 1. The molecule has 1 saturated heterocycles. The summed E-state index contributed by atoms with van der Waals surface area (Å²) in [7, 11) is 0. The molecule has 0 bridgehead atoms. The maximum Gasteiger partial charge on any atom is 0.239 e. The summed E-state index contributed by atoms with van der Waals surface area (Å²) >= 11 is 12.1. The Balaban J connectivity index is 1.91. The van der Waals surface area contributed by atoms with Gasteiger partial charge in [0.05, 0.1) is 6.04 Å². The first-order chi connectivity index (χ1) is 10.1. The average molecular weight is 329 g/mol. The maximum atomic E-state index is 12.4. The van der Waals surface area contributed by atoms with E-state index in [0.29, 0.717) is 16.6 Å². The first-order valence-electron chi connectivity index (χ1n) is 7.58. The van der Waals surface area contributed by atoms with Gasteiger partial charge in [-0.25, -0.2) is 0 Å². The second-order valence-corrected chi connectivity index (χ2v) is 6.30. The number of likely N-dealkylation sites (tertiary alicyclic amines) is 1.